The first-order chi connectivity index (χ1) is 13.3. The fraction of sp³-hybridized carbons (Fsp3) is 0.500. The number of ether oxygens (including phenoxy) is 1. The Morgan fingerprint density at radius 3 is 2.20 bits per heavy atom. The molecule has 9 nitrogen and oxygen atoms in total. The molecule has 2 N–H and O–H groups in total. The molecule has 12 heteroatoms. The van der Waals surface area contributed by atoms with Crippen molar-refractivity contribution < 1.29 is 47.3 Å². The van der Waals surface area contributed by atoms with Crippen molar-refractivity contribution in [2.75, 3.05) is 5.32 Å². The number of benzene rings is 1. The third-order valence-electron chi connectivity index (χ3n) is 4.41. The Bertz CT molecular complexity index is 986. The summed E-state index contributed by atoms with van der Waals surface area (Å²) in [7, 11) is -4.51. The van der Waals surface area contributed by atoms with E-state index in [2.05, 4.69) is 53.3 Å². The molecule has 0 atom stereocenters. The van der Waals surface area contributed by atoms with Crippen molar-refractivity contribution in [3.63, 3.8) is 0 Å². The Morgan fingerprint density at radius 1 is 1.10 bits per heavy atom. The van der Waals surface area contributed by atoms with E-state index in [-0.39, 0.29) is 68.9 Å². The Balaban J connectivity index is 0.00000320. The Hall–Kier alpha value is -1.01. The molecule has 0 spiro atoms. The van der Waals surface area contributed by atoms with Crippen molar-refractivity contribution in [1.29, 1.82) is 0 Å². The van der Waals surface area contributed by atoms with E-state index in [1.807, 2.05) is 0 Å². The number of hydrogen-bond donors (Lipinski definition) is 2. The number of hydrogen-bond acceptors (Lipinski definition) is 9. The molecule has 0 bridgehead atoms. The molecular formula is C18H23ClN5NaO4S. The molecular weight excluding hydrogens is 441 g/mol. The molecule has 0 amide bonds. The molecule has 1 saturated heterocycles. The third kappa shape index (κ3) is 7.01. The van der Waals surface area contributed by atoms with Gasteiger partial charge in [0.25, 0.3) is 0 Å². The monoisotopic (exact) mass is 463 g/mol. The van der Waals surface area contributed by atoms with Gasteiger partial charge in [0, 0.05) is 29.6 Å². The van der Waals surface area contributed by atoms with Crippen LogP contribution in [0.1, 0.15) is 40.5 Å². The normalized spacial score (nSPS) is 18.3. The molecule has 158 valence electrons. The standard InChI is InChI=1S/C18H24ClN5O4S.Na/c1-17(2)9-12(10-18(3,4)24-17)28-16-22-14(19)21-15(23-16)20-11-5-7-13(8-6-11)29(25,26)27;/h5-8,12,24H,9-10H2,1-4H3,(H,25,26,27)(H,20,21,22,23);/q;+1/p-1. The van der Waals surface area contributed by atoms with E-state index in [1.54, 1.807) is 0 Å². The molecule has 2 aromatic rings. The number of halogens is 1. The van der Waals surface area contributed by atoms with Crippen molar-refractivity contribution >= 4 is 33.4 Å². The summed E-state index contributed by atoms with van der Waals surface area (Å²) >= 11 is 6.02. The fourth-order valence-electron chi connectivity index (χ4n) is 3.74. The Labute approximate surface area is 203 Å². The molecule has 3 rings (SSSR count). The SMILES string of the molecule is CC1(C)CC(Oc2nc(Cl)nc(Nc3ccc(S(=O)(=O)[O-])cc3)n2)CC(C)(C)N1.[Na+]. The van der Waals surface area contributed by atoms with Gasteiger partial charge in [-0.1, -0.05) is 0 Å². The zero-order valence-corrected chi connectivity index (χ0v) is 21.1. The molecule has 1 fully saturated rings. The molecule has 30 heavy (non-hydrogen) atoms. The van der Waals surface area contributed by atoms with E-state index in [1.165, 1.54) is 24.3 Å². The average Bonchev–Trinajstić information content (AvgIpc) is 2.50. The van der Waals surface area contributed by atoms with Crippen LogP contribution in [0.3, 0.4) is 0 Å². The second kappa shape index (κ2) is 9.23. The van der Waals surface area contributed by atoms with E-state index in [4.69, 9.17) is 16.3 Å². The number of nitrogens with zero attached hydrogens (tertiary/aromatic N) is 3. The van der Waals surface area contributed by atoms with E-state index in [9.17, 15) is 13.0 Å². The first-order valence-electron chi connectivity index (χ1n) is 9.02. The molecule has 0 aliphatic carbocycles. The summed E-state index contributed by atoms with van der Waals surface area (Å²) in [5, 5.41) is 6.44. The number of nitrogens with one attached hydrogen (secondary N) is 2. The second-order valence-corrected chi connectivity index (χ2v) is 10.1. The molecule has 1 aromatic carbocycles. The van der Waals surface area contributed by atoms with Gasteiger partial charge < -0.3 is 19.9 Å². The maximum Gasteiger partial charge on any atom is 1.00 e. The van der Waals surface area contributed by atoms with E-state index >= 15 is 0 Å². The Kier molecular flexibility index (Phi) is 7.77. The summed E-state index contributed by atoms with van der Waals surface area (Å²) in [6.07, 6.45) is 1.44. The minimum atomic E-state index is -4.51. The van der Waals surface area contributed by atoms with Crippen molar-refractivity contribution in [2.24, 2.45) is 0 Å². The smallest absolute Gasteiger partial charge is 0.744 e. The van der Waals surface area contributed by atoms with Crippen LogP contribution in [0.5, 0.6) is 6.01 Å². The van der Waals surface area contributed by atoms with Crippen LogP contribution in [-0.2, 0) is 10.1 Å². The predicted molar refractivity (Wildman–Crippen MR) is 107 cm³/mol. The maximum atomic E-state index is 11.0. The summed E-state index contributed by atoms with van der Waals surface area (Å²) in [6.45, 7) is 8.46. The van der Waals surface area contributed by atoms with Crippen molar-refractivity contribution in [2.45, 2.75) is 62.6 Å². The largest absolute Gasteiger partial charge is 1.00 e. The summed E-state index contributed by atoms with van der Waals surface area (Å²) in [4.78, 5) is 12.0. The van der Waals surface area contributed by atoms with Crippen LogP contribution in [0.25, 0.3) is 0 Å². The number of anilines is 2. The average molecular weight is 464 g/mol. The van der Waals surface area contributed by atoms with Crippen LogP contribution in [0, 0.1) is 0 Å². The third-order valence-corrected chi connectivity index (χ3v) is 5.43. The van der Waals surface area contributed by atoms with Crippen LogP contribution >= 0.6 is 11.6 Å². The van der Waals surface area contributed by atoms with Crippen LogP contribution in [-0.4, -0.2) is 45.1 Å². The molecule has 1 aromatic heterocycles. The first-order valence-corrected chi connectivity index (χ1v) is 10.8. The summed E-state index contributed by atoms with van der Waals surface area (Å²) in [6, 6.07) is 5.36. The topological polar surface area (TPSA) is 129 Å². The quantitative estimate of drug-likeness (QED) is 0.459. The van der Waals surface area contributed by atoms with Gasteiger partial charge in [0.15, 0.2) is 0 Å². The molecule has 1 aliphatic heterocycles. The molecule has 0 radical (unpaired) electrons. The zero-order chi connectivity index (χ0) is 21.4. The van der Waals surface area contributed by atoms with Gasteiger partial charge in [-0.05, 0) is 63.6 Å². The van der Waals surface area contributed by atoms with Crippen LogP contribution < -0.4 is 44.9 Å². The van der Waals surface area contributed by atoms with Crippen LogP contribution in [0.2, 0.25) is 5.28 Å². The van der Waals surface area contributed by atoms with Gasteiger partial charge >= 0.3 is 35.6 Å². The molecule has 1 aliphatic rings. The van der Waals surface area contributed by atoms with Gasteiger partial charge in [-0.25, -0.2) is 8.42 Å². The second-order valence-electron chi connectivity index (χ2n) is 8.35. The van der Waals surface area contributed by atoms with Crippen molar-refractivity contribution in [3.8, 4) is 6.01 Å². The Morgan fingerprint density at radius 2 is 1.67 bits per heavy atom. The van der Waals surface area contributed by atoms with Crippen molar-refractivity contribution in [1.82, 2.24) is 20.3 Å². The summed E-state index contributed by atoms with van der Waals surface area (Å²) in [5.74, 6) is 0.144. The zero-order valence-electron chi connectivity index (χ0n) is 17.6. The predicted octanol–water partition coefficient (Wildman–Crippen LogP) is -0.135. The minimum Gasteiger partial charge on any atom is -0.744 e. The summed E-state index contributed by atoms with van der Waals surface area (Å²) < 4.78 is 39.1. The first kappa shape index (κ1) is 25.3. The number of aromatic nitrogens is 3. The maximum absolute atomic E-state index is 11.0. The van der Waals surface area contributed by atoms with Gasteiger partial charge in [0.05, 0.1) is 4.90 Å². The van der Waals surface area contributed by atoms with Gasteiger partial charge in [-0.3, -0.25) is 0 Å². The molecule has 0 unspecified atom stereocenters. The number of piperidine rings is 1. The van der Waals surface area contributed by atoms with Crippen LogP contribution in [0.15, 0.2) is 29.2 Å². The molecule has 0 saturated carbocycles. The van der Waals surface area contributed by atoms with Crippen LogP contribution in [0.4, 0.5) is 11.6 Å². The number of rotatable bonds is 5. The fourth-order valence-corrected chi connectivity index (χ4v) is 4.36. The van der Waals surface area contributed by atoms with Gasteiger partial charge in [-0.15, -0.1) is 0 Å². The minimum absolute atomic E-state index is 0. The van der Waals surface area contributed by atoms with Crippen molar-refractivity contribution in [3.05, 3.63) is 29.5 Å². The molecule has 2 heterocycles. The van der Waals surface area contributed by atoms with Gasteiger partial charge in [0.2, 0.25) is 11.2 Å². The van der Waals surface area contributed by atoms with Gasteiger partial charge in [0.1, 0.15) is 16.2 Å². The van der Waals surface area contributed by atoms with E-state index in [0.717, 1.165) is 12.8 Å². The summed E-state index contributed by atoms with van der Waals surface area (Å²) in [5.41, 5.74) is 0.275. The van der Waals surface area contributed by atoms with E-state index < -0.39 is 10.1 Å². The van der Waals surface area contributed by atoms with E-state index in [0.29, 0.717) is 5.69 Å². The van der Waals surface area contributed by atoms with Gasteiger partial charge in [-0.2, -0.15) is 15.0 Å².